The topological polar surface area (TPSA) is 105 Å². The first kappa shape index (κ1) is 19.4. The minimum absolute atomic E-state index is 0.0120. The largest absolute Gasteiger partial charge is 0.348 e. The van der Waals surface area contributed by atoms with Gasteiger partial charge in [-0.2, -0.15) is 0 Å². The van der Waals surface area contributed by atoms with Crippen molar-refractivity contribution in [3.05, 3.63) is 100 Å². The number of aromatic nitrogens is 3. The van der Waals surface area contributed by atoms with Gasteiger partial charge in [0.05, 0.1) is 11.6 Å². The predicted octanol–water partition coefficient (Wildman–Crippen LogP) is 4.51. The number of rotatable bonds is 4. The zero-order chi connectivity index (χ0) is 19.9. The number of nitrogens with zero attached hydrogens (tertiary/aromatic N) is 3. The number of aromatic amines is 1. The molecule has 0 fully saturated rings. The Morgan fingerprint density at radius 1 is 1.07 bits per heavy atom. The summed E-state index contributed by atoms with van der Waals surface area (Å²) in [5.41, 5.74) is 2.21. The zero-order valence-electron chi connectivity index (χ0n) is 15.0. The molecule has 1 atom stereocenters. The van der Waals surface area contributed by atoms with Crippen LogP contribution in [0.3, 0.4) is 0 Å². The average molecular weight is 394 g/mol. The molecule has 0 spiro atoms. The molecule has 0 aliphatic carbocycles. The van der Waals surface area contributed by atoms with Crippen LogP contribution in [0.2, 0.25) is 0 Å². The highest BCUT2D eigenvalue weighted by Gasteiger charge is 2.22. The van der Waals surface area contributed by atoms with Crippen molar-refractivity contribution in [2.24, 2.45) is 0 Å². The minimum Gasteiger partial charge on any atom is -0.348 e. The fourth-order valence-corrected chi connectivity index (χ4v) is 3.46. The van der Waals surface area contributed by atoms with Crippen molar-refractivity contribution in [3.63, 3.8) is 0 Å². The van der Waals surface area contributed by atoms with Crippen LogP contribution in [0.15, 0.2) is 78.1 Å². The van der Waals surface area contributed by atoms with Crippen molar-refractivity contribution >= 4 is 22.5 Å². The van der Waals surface area contributed by atoms with Crippen molar-refractivity contribution in [3.8, 4) is 0 Å². The molecule has 8 heteroatoms. The molecule has 4 aromatic rings. The van der Waals surface area contributed by atoms with E-state index in [1.54, 1.807) is 18.0 Å². The first-order chi connectivity index (χ1) is 13.6. The predicted molar refractivity (Wildman–Crippen MR) is 108 cm³/mol. The Balaban J connectivity index is 0.000000516. The lowest BCUT2D eigenvalue weighted by molar-refractivity contribution is -0.742. The van der Waals surface area contributed by atoms with Gasteiger partial charge in [-0.15, -0.1) is 21.9 Å². The minimum atomic E-state index is -1.50. The summed E-state index contributed by atoms with van der Waals surface area (Å²) in [6, 6.07) is 19.1. The van der Waals surface area contributed by atoms with Gasteiger partial charge in [-0.3, -0.25) is 4.98 Å². The normalized spacial score (nSPS) is 11.5. The number of pyridine rings is 1. The second-order valence-electron chi connectivity index (χ2n) is 5.84. The van der Waals surface area contributed by atoms with Gasteiger partial charge < -0.3 is 10.2 Å². The summed E-state index contributed by atoms with van der Waals surface area (Å²) in [4.78, 5) is 22.1. The van der Waals surface area contributed by atoms with Gasteiger partial charge in [-0.25, -0.2) is 4.98 Å². The molecular formula is C20H18N4O3S. The molecule has 0 saturated heterocycles. The van der Waals surface area contributed by atoms with E-state index in [9.17, 15) is 0 Å². The lowest BCUT2D eigenvalue weighted by atomic mass is 9.91. The highest BCUT2D eigenvalue weighted by molar-refractivity contribution is 7.98. The van der Waals surface area contributed by atoms with E-state index in [4.69, 9.17) is 20.3 Å². The first-order valence-electron chi connectivity index (χ1n) is 8.40. The number of nitrogens with one attached hydrogen (secondary N) is 1. The van der Waals surface area contributed by atoms with E-state index < -0.39 is 5.09 Å². The third-order valence-electron chi connectivity index (χ3n) is 4.22. The first-order valence-corrected chi connectivity index (χ1v) is 9.62. The number of hydrogen-bond donors (Lipinski definition) is 2. The number of H-pyrrole nitrogens is 1. The van der Waals surface area contributed by atoms with E-state index in [0.717, 1.165) is 16.9 Å². The fourth-order valence-electron chi connectivity index (χ4n) is 3.05. The average Bonchev–Trinajstić information content (AvgIpc) is 3.23. The van der Waals surface area contributed by atoms with E-state index in [2.05, 4.69) is 70.8 Å². The van der Waals surface area contributed by atoms with E-state index in [0.29, 0.717) is 0 Å². The van der Waals surface area contributed by atoms with Crippen LogP contribution in [0.25, 0.3) is 10.8 Å². The molecule has 7 nitrogen and oxygen atoms in total. The van der Waals surface area contributed by atoms with Crippen LogP contribution >= 0.6 is 11.8 Å². The van der Waals surface area contributed by atoms with Crippen molar-refractivity contribution < 1.29 is 10.3 Å². The maximum atomic E-state index is 8.36. The zero-order valence-corrected chi connectivity index (χ0v) is 15.8. The summed E-state index contributed by atoms with van der Waals surface area (Å²) in [6.45, 7) is 0. The van der Waals surface area contributed by atoms with Gasteiger partial charge in [0.2, 0.25) is 0 Å². The molecule has 1 unspecified atom stereocenters. The van der Waals surface area contributed by atoms with Crippen molar-refractivity contribution in [2.45, 2.75) is 10.8 Å². The van der Waals surface area contributed by atoms with E-state index in [-0.39, 0.29) is 5.92 Å². The van der Waals surface area contributed by atoms with Gasteiger partial charge in [-0.05, 0) is 35.4 Å². The number of imidazole rings is 1. The highest BCUT2D eigenvalue weighted by atomic mass is 32.2. The molecular weight excluding hydrogens is 376 g/mol. The van der Waals surface area contributed by atoms with Gasteiger partial charge in [0, 0.05) is 28.9 Å². The Hall–Kier alpha value is -3.39. The molecule has 2 aromatic heterocycles. The summed E-state index contributed by atoms with van der Waals surface area (Å²) >= 11 is 1.75. The third-order valence-corrected chi connectivity index (χ3v) is 4.96. The summed E-state index contributed by atoms with van der Waals surface area (Å²) in [7, 11) is 0. The molecule has 2 heterocycles. The molecule has 0 aliphatic rings. The molecule has 0 bridgehead atoms. The third kappa shape index (κ3) is 4.47. The highest BCUT2D eigenvalue weighted by Crippen LogP contribution is 2.33. The Morgan fingerprint density at radius 2 is 1.79 bits per heavy atom. The maximum absolute atomic E-state index is 8.36. The van der Waals surface area contributed by atoms with Gasteiger partial charge in [0.15, 0.2) is 0 Å². The fraction of sp³-hybridized carbons (Fsp3) is 0.100. The molecule has 0 amide bonds. The number of thioether (sulfide) groups is 1. The van der Waals surface area contributed by atoms with Crippen LogP contribution in [-0.2, 0) is 0 Å². The monoisotopic (exact) mass is 394 g/mol. The SMILES string of the molecule is CSc1ccc(C(c2ncc[nH]2)c2nccc3ccccc23)cc1.O=[N+]([O-])O. The van der Waals surface area contributed by atoms with Gasteiger partial charge in [0.1, 0.15) is 5.82 Å². The van der Waals surface area contributed by atoms with Crippen molar-refractivity contribution in [1.82, 2.24) is 15.0 Å². The summed E-state index contributed by atoms with van der Waals surface area (Å²) in [6.07, 6.45) is 7.63. The number of fused-ring (bicyclic) bond motifs is 1. The lowest BCUT2D eigenvalue weighted by Gasteiger charge is -2.17. The summed E-state index contributed by atoms with van der Waals surface area (Å²) in [5.74, 6) is 0.901. The number of benzene rings is 2. The molecule has 2 aromatic carbocycles. The smallest absolute Gasteiger partial charge is 0.291 e. The molecule has 0 saturated carbocycles. The van der Waals surface area contributed by atoms with Gasteiger partial charge in [0.25, 0.3) is 5.09 Å². The van der Waals surface area contributed by atoms with Crippen LogP contribution in [0, 0.1) is 10.1 Å². The Morgan fingerprint density at radius 3 is 2.43 bits per heavy atom. The van der Waals surface area contributed by atoms with Gasteiger partial charge >= 0.3 is 0 Å². The Bertz CT molecular complexity index is 1040. The van der Waals surface area contributed by atoms with Crippen LogP contribution in [-0.4, -0.2) is 31.5 Å². The van der Waals surface area contributed by atoms with Crippen LogP contribution in [0.1, 0.15) is 23.0 Å². The van der Waals surface area contributed by atoms with Crippen LogP contribution in [0.5, 0.6) is 0 Å². The van der Waals surface area contributed by atoms with E-state index >= 15 is 0 Å². The van der Waals surface area contributed by atoms with Crippen molar-refractivity contribution in [1.29, 1.82) is 0 Å². The second kappa shape index (κ2) is 9.01. The second-order valence-corrected chi connectivity index (χ2v) is 6.72. The summed E-state index contributed by atoms with van der Waals surface area (Å²) < 4.78 is 0. The quantitative estimate of drug-likeness (QED) is 0.300. The van der Waals surface area contributed by atoms with Crippen molar-refractivity contribution in [2.75, 3.05) is 6.26 Å². The molecule has 4 rings (SSSR count). The molecule has 2 N–H and O–H groups in total. The molecule has 0 radical (unpaired) electrons. The summed E-state index contributed by atoms with van der Waals surface area (Å²) in [5, 5.41) is 16.0. The molecule has 142 valence electrons. The van der Waals surface area contributed by atoms with E-state index in [1.165, 1.54) is 15.8 Å². The Kier molecular flexibility index (Phi) is 6.23. The standard InChI is InChI=1S/C20H17N3S.HNO3/c1-24-16-8-6-15(7-9-16)18(20-22-12-13-23-20)19-17-5-3-2-4-14(17)10-11-21-19;2-1(3)4/h2-13,18H,1H3,(H,22,23);(H,2,3,4). The van der Waals surface area contributed by atoms with Crippen LogP contribution in [0.4, 0.5) is 0 Å². The van der Waals surface area contributed by atoms with Crippen LogP contribution < -0.4 is 0 Å². The molecule has 28 heavy (non-hydrogen) atoms. The lowest BCUT2D eigenvalue weighted by Crippen LogP contribution is -2.08. The van der Waals surface area contributed by atoms with E-state index in [1.807, 2.05) is 12.4 Å². The number of hydrogen-bond acceptors (Lipinski definition) is 5. The Labute approximate surface area is 165 Å². The molecule has 0 aliphatic heterocycles. The van der Waals surface area contributed by atoms with Gasteiger partial charge in [-0.1, -0.05) is 36.4 Å². The maximum Gasteiger partial charge on any atom is 0.291 e.